The highest BCUT2D eigenvalue weighted by Gasteiger charge is 2.11. The second-order valence-corrected chi connectivity index (χ2v) is 5.23. The van der Waals surface area contributed by atoms with Gasteiger partial charge >= 0.3 is 0 Å². The fourth-order valence-corrected chi connectivity index (χ4v) is 2.29. The number of hydrogen-bond donors (Lipinski definition) is 0. The molecule has 0 unspecified atom stereocenters. The summed E-state index contributed by atoms with van der Waals surface area (Å²) in [6, 6.07) is 7.73. The minimum absolute atomic E-state index is 0.410. The number of fused-ring (bicyclic) bond motifs is 1. The SMILES string of the molecule is Cc1ccc(Br)cc1-c1nnc2cc(Cl)ncn12. The molecular weight excluding hydrogens is 316 g/mol. The summed E-state index contributed by atoms with van der Waals surface area (Å²) in [5, 5.41) is 8.71. The lowest BCUT2D eigenvalue weighted by atomic mass is 10.1. The Morgan fingerprint density at radius 2 is 2.06 bits per heavy atom. The van der Waals surface area contributed by atoms with E-state index in [4.69, 9.17) is 11.6 Å². The molecular formula is C12H8BrClN4. The maximum absolute atomic E-state index is 5.83. The van der Waals surface area contributed by atoms with Gasteiger partial charge in [-0.1, -0.05) is 33.6 Å². The Bertz CT molecular complexity index is 738. The first-order valence-corrected chi connectivity index (χ1v) is 6.45. The smallest absolute Gasteiger partial charge is 0.169 e. The molecule has 0 fully saturated rings. The molecule has 2 heterocycles. The van der Waals surface area contributed by atoms with Gasteiger partial charge in [-0.05, 0) is 24.6 Å². The summed E-state index contributed by atoms with van der Waals surface area (Å²) in [5.41, 5.74) is 2.83. The Balaban J connectivity index is 2.28. The molecule has 0 amide bonds. The molecule has 18 heavy (non-hydrogen) atoms. The predicted octanol–water partition coefficient (Wildman–Crippen LogP) is 3.52. The van der Waals surface area contributed by atoms with Gasteiger partial charge in [0.05, 0.1) is 0 Å². The third-order valence-corrected chi connectivity index (χ3v) is 3.41. The highest BCUT2D eigenvalue weighted by atomic mass is 79.9. The summed E-state index contributed by atoms with van der Waals surface area (Å²) < 4.78 is 2.82. The molecule has 0 saturated carbocycles. The first kappa shape index (κ1) is 11.6. The third kappa shape index (κ3) is 1.89. The fourth-order valence-electron chi connectivity index (χ4n) is 1.79. The molecule has 2 aromatic heterocycles. The number of benzene rings is 1. The van der Waals surface area contributed by atoms with E-state index in [9.17, 15) is 0 Å². The normalized spacial score (nSPS) is 11.1. The van der Waals surface area contributed by atoms with E-state index in [2.05, 4.69) is 31.1 Å². The number of halogens is 2. The molecule has 0 bridgehead atoms. The molecule has 0 N–H and O–H groups in total. The van der Waals surface area contributed by atoms with Crippen molar-refractivity contribution in [3.8, 4) is 11.4 Å². The lowest BCUT2D eigenvalue weighted by Crippen LogP contribution is -1.93. The molecule has 0 spiro atoms. The summed E-state index contributed by atoms with van der Waals surface area (Å²) >= 11 is 9.29. The quantitative estimate of drug-likeness (QED) is 0.644. The van der Waals surface area contributed by atoms with E-state index in [1.807, 2.05) is 29.5 Å². The molecule has 0 aliphatic rings. The number of nitrogens with zero attached hydrogens (tertiary/aromatic N) is 4. The molecule has 90 valence electrons. The first-order chi connectivity index (χ1) is 8.65. The van der Waals surface area contributed by atoms with Crippen LogP contribution in [-0.4, -0.2) is 19.6 Å². The molecule has 3 aromatic rings. The summed E-state index contributed by atoms with van der Waals surface area (Å²) in [7, 11) is 0. The second-order valence-electron chi connectivity index (χ2n) is 3.92. The van der Waals surface area contributed by atoms with Crippen molar-refractivity contribution in [2.75, 3.05) is 0 Å². The van der Waals surface area contributed by atoms with E-state index in [0.717, 1.165) is 21.4 Å². The van der Waals surface area contributed by atoms with Crippen LogP contribution < -0.4 is 0 Å². The molecule has 1 aromatic carbocycles. The largest absolute Gasteiger partial charge is 0.265 e. The van der Waals surface area contributed by atoms with Crippen LogP contribution >= 0.6 is 27.5 Å². The lowest BCUT2D eigenvalue weighted by molar-refractivity contribution is 1.07. The van der Waals surface area contributed by atoms with Crippen LogP contribution in [0.25, 0.3) is 17.0 Å². The fraction of sp³-hybridized carbons (Fsp3) is 0.0833. The van der Waals surface area contributed by atoms with Crippen molar-refractivity contribution in [1.82, 2.24) is 19.6 Å². The molecule has 0 radical (unpaired) electrons. The summed E-state index contributed by atoms with van der Waals surface area (Å²) in [6.45, 7) is 2.03. The van der Waals surface area contributed by atoms with Gasteiger partial charge in [0, 0.05) is 16.1 Å². The van der Waals surface area contributed by atoms with Gasteiger partial charge in [-0.2, -0.15) is 0 Å². The zero-order chi connectivity index (χ0) is 12.7. The third-order valence-electron chi connectivity index (χ3n) is 2.71. The number of aryl methyl sites for hydroxylation is 1. The molecule has 6 heteroatoms. The zero-order valence-corrected chi connectivity index (χ0v) is 11.8. The molecule has 0 aliphatic carbocycles. The standard InChI is InChI=1S/C12H8BrClN4/c1-7-2-3-8(13)4-9(7)12-17-16-11-5-10(14)15-6-18(11)12/h2-6H,1H3. The van der Waals surface area contributed by atoms with Gasteiger partial charge in [0.15, 0.2) is 11.5 Å². The highest BCUT2D eigenvalue weighted by Crippen LogP contribution is 2.26. The lowest BCUT2D eigenvalue weighted by Gasteiger charge is -2.04. The van der Waals surface area contributed by atoms with Crippen molar-refractivity contribution in [3.63, 3.8) is 0 Å². The van der Waals surface area contributed by atoms with Crippen molar-refractivity contribution in [3.05, 3.63) is 45.8 Å². The van der Waals surface area contributed by atoms with E-state index in [1.54, 1.807) is 12.4 Å². The predicted molar refractivity (Wildman–Crippen MR) is 73.7 cm³/mol. The monoisotopic (exact) mass is 322 g/mol. The van der Waals surface area contributed by atoms with E-state index in [0.29, 0.717) is 10.8 Å². The summed E-state index contributed by atoms with van der Waals surface area (Å²) in [4.78, 5) is 4.05. The first-order valence-electron chi connectivity index (χ1n) is 5.28. The second kappa shape index (κ2) is 4.33. The van der Waals surface area contributed by atoms with Gasteiger partial charge in [-0.15, -0.1) is 10.2 Å². The summed E-state index contributed by atoms with van der Waals surface area (Å²) in [5.74, 6) is 0.757. The van der Waals surface area contributed by atoms with Crippen LogP contribution in [0.1, 0.15) is 5.56 Å². The van der Waals surface area contributed by atoms with Crippen molar-refractivity contribution in [1.29, 1.82) is 0 Å². The van der Waals surface area contributed by atoms with E-state index < -0.39 is 0 Å². The van der Waals surface area contributed by atoms with Gasteiger partial charge in [0.2, 0.25) is 0 Å². The minimum Gasteiger partial charge on any atom is -0.265 e. The molecule has 0 aliphatic heterocycles. The van der Waals surface area contributed by atoms with Crippen LogP contribution in [0.15, 0.2) is 35.1 Å². The Hall–Kier alpha value is -1.46. The highest BCUT2D eigenvalue weighted by molar-refractivity contribution is 9.10. The number of rotatable bonds is 1. The Morgan fingerprint density at radius 3 is 2.89 bits per heavy atom. The van der Waals surface area contributed by atoms with Gasteiger partial charge in [0.25, 0.3) is 0 Å². The topological polar surface area (TPSA) is 43.1 Å². The van der Waals surface area contributed by atoms with Gasteiger partial charge < -0.3 is 0 Å². The maximum Gasteiger partial charge on any atom is 0.169 e. The van der Waals surface area contributed by atoms with E-state index >= 15 is 0 Å². The van der Waals surface area contributed by atoms with Crippen LogP contribution in [0, 0.1) is 6.92 Å². The molecule has 0 atom stereocenters. The van der Waals surface area contributed by atoms with Crippen molar-refractivity contribution >= 4 is 33.2 Å². The maximum atomic E-state index is 5.83. The Kier molecular flexibility index (Phi) is 2.80. The van der Waals surface area contributed by atoms with Crippen molar-refractivity contribution in [2.24, 2.45) is 0 Å². The van der Waals surface area contributed by atoms with Crippen LogP contribution in [0.2, 0.25) is 5.15 Å². The number of aromatic nitrogens is 4. The average Bonchev–Trinajstić information content (AvgIpc) is 2.75. The van der Waals surface area contributed by atoms with Crippen LogP contribution in [0.3, 0.4) is 0 Å². The van der Waals surface area contributed by atoms with Crippen LogP contribution in [0.5, 0.6) is 0 Å². The van der Waals surface area contributed by atoms with Gasteiger partial charge in [-0.25, -0.2) is 4.98 Å². The van der Waals surface area contributed by atoms with E-state index in [1.165, 1.54) is 0 Å². The minimum atomic E-state index is 0.410. The van der Waals surface area contributed by atoms with Gasteiger partial charge in [0.1, 0.15) is 11.5 Å². The number of hydrogen-bond acceptors (Lipinski definition) is 3. The van der Waals surface area contributed by atoms with Gasteiger partial charge in [-0.3, -0.25) is 4.40 Å². The average molecular weight is 324 g/mol. The zero-order valence-electron chi connectivity index (χ0n) is 9.43. The Morgan fingerprint density at radius 1 is 1.22 bits per heavy atom. The molecule has 3 rings (SSSR count). The van der Waals surface area contributed by atoms with Crippen LogP contribution in [-0.2, 0) is 0 Å². The van der Waals surface area contributed by atoms with Crippen molar-refractivity contribution < 1.29 is 0 Å². The van der Waals surface area contributed by atoms with Crippen molar-refractivity contribution in [2.45, 2.75) is 6.92 Å². The Labute approximate surface area is 117 Å². The van der Waals surface area contributed by atoms with E-state index in [-0.39, 0.29) is 0 Å². The molecule has 4 nitrogen and oxygen atoms in total. The van der Waals surface area contributed by atoms with Crippen LogP contribution in [0.4, 0.5) is 0 Å². The summed E-state index contributed by atoms with van der Waals surface area (Å²) in [6.07, 6.45) is 1.63. The molecule has 0 saturated heterocycles.